The molecule has 76 valence electrons. The van der Waals surface area contributed by atoms with Crippen molar-refractivity contribution in [3.8, 4) is 0 Å². The molecule has 1 aromatic rings. The zero-order valence-corrected chi connectivity index (χ0v) is 7.91. The van der Waals surface area contributed by atoms with Crippen molar-refractivity contribution in [2.45, 2.75) is 24.7 Å². The molecule has 14 heavy (non-hydrogen) atoms. The van der Waals surface area contributed by atoms with Gasteiger partial charge in [0.05, 0.1) is 5.69 Å². The number of aromatic nitrogens is 2. The first-order chi connectivity index (χ1) is 6.56. The highest BCUT2D eigenvalue weighted by Crippen LogP contribution is 2.43. The number of rotatable bonds is 2. The Morgan fingerprint density at radius 2 is 2.29 bits per heavy atom. The van der Waals surface area contributed by atoms with E-state index in [1.54, 1.807) is 7.05 Å². The molecule has 0 unspecified atom stereocenters. The van der Waals surface area contributed by atoms with Gasteiger partial charge in [-0.3, -0.25) is 19.4 Å². The molecule has 1 aromatic heterocycles. The fourth-order valence-corrected chi connectivity index (χ4v) is 2.05. The van der Waals surface area contributed by atoms with Crippen LogP contribution in [-0.4, -0.2) is 20.9 Å². The third-order valence-corrected chi connectivity index (χ3v) is 3.01. The molecule has 0 amide bonds. The van der Waals surface area contributed by atoms with E-state index in [0.29, 0.717) is 18.5 Å². The summed E-state index contributed by atoms with van der Waals surface area (Å²) in [4.78, 5) is 22.2. The molecular weight excluding hydrogens is 184 g/mol. The summed E-state index contributed by atoms with van der Waals surface area (Å²) in [7, 11) is 1.67. The van der Waals surface area contributed by atoms with Crippen LogP contribution in [-0.2, 0) is 17.3 Å². The smallest absolute Gasteiger partial charge is 0.315 e. The van der Waals surface area contributed by atoms with Crippen molar-refractivity contribution in [2.24, 2.45) is 7.05 Å². The van der Waals surface area contributed by atoms with Gasteiger partial charge in [0.25, 0.3) is 5.56 Å². The minimum Gasteiger partial charge on any atom is -0.481 e. The molecule has 0 aromatic carbocycles. The van der Waals surface area contributed by atoms with Gasteiger partial charge in [0.15, 0.2) is 0 Å². The second-order valence-corrected chi connectivity index (χ2v) is 3.81. The largest absolute Gasteiger partial charge is 0.481 e. The van der Waals surface area contributed by atoms with Crippen LogP contribution in [0.3, 0.4) is 0 Å². The summed E-state index contributed by atoms with van der Waals surface area (Å²) >= 11 is 0. The Hall–Kier alpha value is -1.52. The monoisotopic (exact) mass is 196 g/mol. The maximum atomic E-state index is 11.1. The summed E-state index contributed by atoms with van der Waals surface area (Å²) in [5.74, 6) is -0.835. The normalized spacial score (nSPS) is 18.9. The molecule has 2 N–H and O–H groups in total. The van der Waals surface area contributed by atoms with Crippen molar-refractivity contribution in [1.82, 2.24) is 9.78 Å². The van der Waals surface area contributed by atoms with Crippen molar-refractivity contribution in [3.05, 3.63) is 22.1 Å². The van der Waals surface area contributed by atoms with E-state index >= 15 is 0 Å². The molecule has 1 saturated carbocycles. The molecule has 5 heteroatoms. The first kappa shape index (κ1) is 9.05. The van der Waals surface area contributed by atoms with Crippen LogP contribution in [0.1, 0.15) is 25.0 Å². The van der Waals surface area contributed by atoms with Crippen molar-refractivity contribution in [3.63, 3.8) is 0 Å². The van der Waals surface area contributed by atoms with Gasteiger partial charge >= 0.3 is 5.97 Å². The Morgan fingerprint density at radius 1 is 1.64 bits per heavy atom. The zero-order valence-electron chi connectivity index (χ0n) is 7.91. The fourth-order valence-electron chi connectivity index (χ4n) is 2.05. The number of nitrogens with one attached hydrogen (secondary N) is 1. The molecule has 1 fully saturated rings. The van der Waals surface area contributed by atoms with Gasteiger partial charge in [0.2, 0.25) is 0 Å². The maximum absolute atomic E-state index is 11.1. The van der Waals surface area contributed by atoms with Crippen molar-refractivity contribution >= 4 is 5.97 Å². The van der Waals surface area contributed by atoms with Gasteiger partial charge in [-0.1, -0.05) is 6.42 Å². The number of carboxylic acids is 1. The lowest BCUT2D eigenvalue weighted by atomic mass is 9.66. The number of aromatic amines is 1. The summed E-state index contributed by atoms with van der Waals surface area (Å²) < 4.78 is 1.51. The fraction of sp³-hybridized carbons (Fsp3) is 0.556. The second kappa shape index (κ2) is 2.73. The predicted octanol–water partition coefficient (Wildman–Crippen LogP) is 0.220. The minimum absolute atomic E-state index is 0.241. The molecule has 0 aliphatic heterocycles. The van der Waals surface area contributed by atoms with Gasteiger partial charge in [0, 0.05) is 13.1 Å². The van der Waals surface area contributed by atoms with Gasteiger partial charge in [-0.05, 0) is 12.8 Å². The van der Waals surface area contributed by atoms with E-state index in [-0.39, 0.29) is 5.56 Å². The maximum Gasteiger partial charge on any atom is 0.315 e. The number of nitrogens with zero attached hydrogens (tertiary/aromatic N) is 1. The molecule has 1 heterocycles. The summed E-state index contributed by atoms with van der Waals surface area (Å²) in [5, 5.41) is 11.7. The number of aryl methyl sites for hydroxylation is 1. The number of H-pyrrole nitrogens is 1. The summed E-state index contributed by atoms with van der Waals surface area (Å²) in [6.07, 6.45) is 2.15. The second-order valence-electron chi connectivity index (χ2n) is 3.81. The minimum atomic E-state index is -0.835. The Bertz CT molecular complexity index is 426. The average molecular weight is 196 g/mol. The highest BCUT2D eigenvalue weighted by atomic mass is 16.4. The topological polar surface area (TPSA) is 75.1 Å². The molecule has 5 nitrogen and oxygen atoms in total. The third kappa shape index (κ3) is 1.01. The lowest BCUT2D eigenvalue weighted by molar-refractivity contribution is -0.147. The van der Waals surface area contributed by atoms with Crippen LogP contribution in [0, 0.1) is 0 Å². The van der Waals surface area contributed by atoms with Crippen LogP contribution in [0.4, 0.5) is 0 Å². The molecule has 0 bridgehead atoms. The molecule has 0 atom stereocenters. The highest BCUT2D eigenvalue weighted by Gasteiger charge is 2.48. The molecule has 1 aliphatic carbocycles. The lowest BCUT2D eigenvalue weighted by Gasteiger charge is -2.37. The number of aliphatic carboxylic acids is 1. The molecule has 1 aliphatic rings. The van der Waals surface area contributed by atoms with E-state index < -0.39 is 11.4 Å². The quantitative estimate of drug-likeness (QED) is 0.710. The van der Waals surface area contributed by atoms with Crippen molar-refractivity contribution < 1.29 is 9.90 Å². The zero-order chi connectivity index (χ0) is 10.3. The Morgan fingerprint density at radius 3 is 2.57 bits per heavy atom. The van der Waals surface area contributed by atoms with Gasteiger partial charge in [-0.15, -0.1) is 0 Å². The van der Waals surface area contributed by atoms with Crippen LogP contribution in [0.25, 0.3) is 0 Å². The van der Waals surface area contributed by atoms with Crippen LogP contribution in [0.5, 0.6) is 0 Å². The van der Waals surface area contributed by atoms with E-state index in [0.717, 1.165) is 6.42 Å². The van der Waals surface area contributed by atoms with Gasteiger partial charge in [-0.2, -0.15) is 0 Å². The Balaban J connectivity index is 2.51. The van der Waals surface area contributed by atoms with Crippen molar-refractivity contribution in [1.29, 1.82) is 0 Å². The number of hydrogen-bond acceptors (Lipinski definition) is 2. The summed E-state index contributed by atoms with van der Waals surface area (Å²) in [5.41, 5.74) is -0.482. The van der Waals surface area contributed by atoms with Gasteiger partial charge < -0.3 is 5.11 Å². The molecule has 2 rings (SSSR count). The number of hydrogen-bond donors (Lipinski definition) is 2. The van der Waals surface area contributed by atoms with E-state index in [4.69, 9.17) is 5.11 Å². The molecule has 0 spiro atoms. The van der Waals surface area contributed by atoms with Crippen LogP contribution in [0.2, 0.25) is 0 Å². The van der Waals surface area contributed by atoms with Crippen LogP contribution < -0.4 is 5.56 Å². The molecule has 0 saturated heterocycles. The van der Waals surface area contributed by atoms with E-state index in [2.05, 4.69) is 5.10 Å². The van der Waals surface area contributed by atoms with Gasteiger partial charge in [-0.25, -0.2) is 0 Å². The van der Waals surface area contributed by atoms with E-state index in [9.17, 15) is 9.59 Å². The number of carboxylic acid groups (broad SMARTS) is 1. The van der Waals surface area contributed by atoms with E-state index in [1.807, 2.05) is 0 Å². The van der Waals surface area contributed by atoms with Crippen molar-refractivity contribution in [2.75, 3.05) is 0 Å². The van der Waals surface area contributed by atoms with Crippen LogP contribution >= 0.6 is 0 Å². The SMILES string of the molecule is Cn1[nH]c(=O)cc1C1(C(=O)O)CCC1. The third-order valence-electron chi connectivity index (χ3n) is 3.01. The number of carbonyl (C=O) groups is 1. The Kier molecular flexibility index (Phi) is 1.77. The Labute approximate surface area is 80.3 Å². The van der Waals surface area contributed by atoms with E-state index in [1.165, 1.54) is 10.7 Å². The summed E-state index contributed by atoms with van der Waals surface area (Å²) in [6.45, 7) is 0. The first-order valence-corrected chi connectivity index (χ1v) is 4.56. The predicted molar refractivity (Wildman–Crippen MR) is 49.2 cm³/mol. The molecular formula is C9H12N2O3. The van der Waals surface area contributed by atoms with Gasteiger partial charge in [0.1, 0.15) is 5.41 Å². The molecule has 0 radical (unpaired) electrons. The van der Waals surface area contributed by atoms with Crippen LogP contribution in [0.15, 0.2) is 10.9 Å². The average Bonchev–Trinajstić information content (AvgIpc) is 2.27. The summed E-state index contributed by atoms with van der Waals surface area (Å²) in [6, 6.07) is 1.38. The standard InChI is InChI=1S/C9H12N2O3/c1-11-6(5-7(12)10-11)9(8(13)14)3-2-4-9/h5H,2-4H2,1H3,(H,10,12)(H,13,14). The first-order valence-electron chi connectivity index (χ1n) is 4.56. The lowest BCUT2D eigenvalue weighted by Crippen LogP contribution is -2.43. The highest BCUT2D eigenvalue weighted by molar-refractivity contribution is 5.81.